The topological polar surface area (TPSA) is 52.0 Å². The summed E-state index contributed by atoms with van der Waals surface area (Å²) in [5.41, 5.74) is 9.36. The molecule has 0 aliphatic heterocycles. The van der Waals surface area contributed by atoms with E-state index in [9.17, 15) is 0 Å². The van der Waals surface area contributed by atoms with Gasteiger partial charge in [0.25, 0.3) is 0 Å². The molecule has 0 radical (unpaired) electrons. The molecule has 1 heterocycles. The van der Waals surface area contributed by atoms with Crippen molar-refractivity contribution in [3.8, 4) is 11.1 Å². The lowest BCUT2D eigenvalue weighted by molar-refractivity contribution is 0.361. The molecule has 1 aliphatic rings. The van der Waals surface area contributed by atoms with Gasteiger partial charge in [-0.25, -0.2) is 0 Å². The fourth-order valence-corrected chi connectivity index (χ4v) is 3.36. The Kier molecular flexibility index (Phi) is 3.05. The summed E-state index contributed by atoms with van der Waals surface area (Å²) in [6.45, 7) is 2.24. The Bertz CT molecular complexity index is 553. The van der Waals surface area contributed by atoms with Gasteiger partial charge in [-0.05, 0) is 24.8 Å². The molecule has 1 aromatic carbocycles. The first-order chi connectivity index (χ1) is 9.27. The van der Waals surface area contributed by atoms with Crippen LogP contribution in [0.25, 0.3) is 11.1 Å². The summed E-state index contributed by atoms with van der Waals surface area (Å²) in [5, 5.41) is 4.32. The lowest BCUT2D eigenvalue weighted by atomic mass is 9.77. The first-order valence-electron chi connectivity index (χ1n) is 7.08. The van der Waals surface area contributed by atoms with E-state index in [1.807, 2.05) is 18.2 Å². The number of rotatable bonds is 3. The first-order valence-corrected chi connectivity index (χ1v) is 7.08. The van der Waals surface area contributed by atoms with Gasteiger partial charge < -0.3 is 10.3 Å². The van der Waals surface area contributed by atoms with Crippen LogP contribution in [0.1, 0.15) is 44.7 Å². The minimum Gasteiger partial charge on any atom is -0.367 e. The van der Waals surface area contributed by atoms with Crippen molar-refractivity contribution in [2.45, 2.75) is 44.4 Å². The minimum absolute atomic E-state index is 0.159. The van der Waals surface area contributed by atoms with E-state index in [0.717, 1.165) is 23.2 Å². The number of nitrogens with two attached hydrogens (primary N) is 1. The van der Waals surface area contributed by atoms with E-state index in [1.54, 1.807) is 0 Å². The maximum Gasteiger partial charge on any atom is 0.230 e. The maximum atomic E-state index is 6.03. The van der Waals surface area contributed by atoms with Crippen LogP contribution in [0.2, 0.25) is 0 Å². The van der Waals surface area contributed by atoms with E-state index >= 15 is 0 Å². The van der Waals surface area contributed by atoms with Gasteiger partial charge in [0.05, 0.1) is 11.3 Å². The third-order valence-corrected chi connectivity index (χ3v) is 4.52. The number of benzene rings is 1. The zero-order valence-electron chi connectivity index (χ0n) is 11.4. The smallest absolute Gasteiger partial charge is 0.230 e. The summed E-state index contributed by atoms with van der Waals surface area (Å²) in [4.78, 5) is 0. The van der Waals surface area contributed by atoms with E-state index in [2.05, 4.69) is 24.2 Å². The van der Waals surface area contributed by atoms with Gasteiger partial charge in [-0.1, -0.05) is 55.3 Å². The Hall–Kier alpha value is -1.77. The molecule has 100 valence electrons. The quantitative estimate of drug-likeness (QED) is 0.897. The molecule has 0 saturated heterocycles. The minimum atomic E-state index is 0.159. The van der Waals surface area contributed by atoms with Crippen molar-refractivity contribution in [3.63, 3.8) is 0 Å². The number of nitrogen functional groups attached to an aromatic ring is 1. The molecule has 3 nitrogen and oxygen atoms in total. The molecular formula is C16H20N2O. The van der Waals surface area contributed by atoms with Crippen LogP contribution >= 0.6 is 0 Å². The van der Waals surface area contributed by atoms with Crippen molar-refractivity contribution in [1.82, 2.24) is 5.16 Å². The highest BCUT2D eigenvalue weighted by atomic mass is 16.5. The summed E-state index contributed by atoms with van der Waals surface area (Å²) in [7, 11) is 0. The van der Waals surface area contributed by atoms with Crippen LogP contribution in [0.5, 0.6) is 0 Å². The highest BCUT2D eigenvalue weighted by Crippen LogP contribution is 2.47. The first kappa shape index (κ1) is 12.3. The van der Waals surface area contributed by atoms with Crippen molar-refractivity contribution in [1.29, 1.82) is 0 Å². The van der Waals surface area contributed by atoms with Gasteiger partial charge in [0.2, 0.25) is 5.88 Å². The average molecular weight is 256 g/mol. The zero-order chi connectivity index (χ0) is 13.3. The van der Waals surface area contributed by atoms with Crippen LogP contribution in [0.3, 0.4) is 0 Å². The summed E-state index contributed by atoms with van der Waals surface area (Å²) in [6.07, 6.45) is 6.02. The normalized spacial score (nSPS) is 17.7. The molecule has 3 rings (SSSR count). The molecule has 3 heteroatoms. The molecular weight excluding hydrogens is 236 g/mol. The van der Waals surface area contributed by atoms with Gasteiger partial charge in [-0.2, -0.15) is 0 Å². The molecule has 2 N–H and O–H groups in total. The van der Waals surface area contributed by atoms with Gasteiger partial charge in [-0.15, -0.1) is 0 Å². The standard InChI is InChI=1S/C16H20N2O/c1-2-16(10-6-7-11-16)14-13(15(17)19-18-14)12-8-4-3-5-9-12/h3-5,8-9H,2,6-7,10-11,17H2,1H3. The van der Waals surface area contributed by atoms with Gasteiger partial charge in [0.1, 0.15) is 0 Å². The van der Waals surface area contributed by atoms with Crippen LogP contribution < -0.4 is 5.73 Å². The maximum absolute atomic E-state index is 6.03. The second kappa shape index (κ2) is 4.72. The van der Waals surface area contributed by atoms with Crippen molar-refractivity contribution in [2.75, 3.05) is 5.73 Å². The van der Waals surface area contributed by atoms with E-state index in [-0.39, 0.29) is 5.41 Å². The highest BCUT2D eigenvalue weighted by molar-refractivity contribution is 5.76. The Morgan fingerprint density at radius 1 is 1.21 bits per heavy atom. The fraction of sp³-hybridized carbons (Fsp3) is 0.438. The molecule has 0 amide bonds. The van der Waals surface area contributed by atoms with Gasteiger partial charge >= 0.3 is 0 Å². The largest absolute Gasteiger partial charge is 0.367 e. The number of hydrogen-bond acceptors (Lipinski definition) is 3. The molecule has 19 heavy (non-hydrogen) atoms. The lowest BCUT2D eigenvalue weighted by Gasteiger charge is -2.25. The molecule has 1 fully saturated rings. The molecule has 0 atom stereocenters. The fourth-order valence-electron chi connectivity index (χ4n) is 3.36. The number of hydrogen-bond donors (Lipinski definition) is 1. The van der Waals surface area contributed by atoms with E-state index < -0.39 is 0 Å². The summed E-state index contributed by atoms with van der Waals surface area (Å²) in [6, 6.07) is 10.2. The van der Waals surface area contributed by atoms with Crippen LogP contribution in [-0.4, -0.2) is 5.16 Å². The summed E-state index contributed by atoms with van der Waals surface area (Å²) < 4.78 is 5.32. The Morgan fingerprint density at radius 3 is 2.53 bits per heavy atom. The van der Waals surface area contributed by atoms with Crippen molar-refractivity contribution in [2.24, 2.45) is 0 Å². The SMILES string of the molecule is CCC1(c2noc(N)c2-c2ccccc2)CCCC1. The highest BCUT2D eigenvalue weighted by Gasteiger charge is 2.39. The predicted octanol–water partition coefficient (Wildman–Crippen LogP) is 4.15. The Labute approximate surface area is 113 Å². The molecule has 2 aromatic rings. The monoisotopic (exact) mass is 256 g/mol. The van der Waals surface area contributed by atoms with Crippen LogP contribution in [-0.2, 0) is 5.41 Å². The van der Waals surface area contributed by atoms with Crippen LogP contribution in [0.15, 0.2) is 34.9 Å². The molecule has 0 unspecified atom stereocenters. The lowest BCUT2D eigenvalue weighted by Crippen LogP contribution is -2.22. The van der Waals surface area contributed by atoms with Gasteiger partial charge in [-0.3, -0.25) is 0 Å². The number of nitrogens with zero attached hydrogens (tertiary/aromatic N) is 1. The molecule has 1 saturated carbocycles. The number of anilines is 1. The molecule has 1 aliphatic carbocycles. The van der Waals surface area contributed by atoms with E-state index in [4.69, 9.17) is 10.3 Å². The third kappa shape index (κ3) is 1.93. The number of aromatic nitrogens is 1. The van der Waals surface area contributed by atoms with Crippen molar-refractivity contribution in [3.05, 3.63) is 36.0 Å². The Balaban J connectivity index is 2.13. The summed E-state index contributed by atoms with van der Waals surface area (Å²) >= 11 is 0. The molecule has 0 bridgehead atoms. The predicted molar refractivity (Wildman–Crippen MR) is 76.8 cm³/mol. The van der Waals surface area contributed by atoms with Gasteiger partial charge in [0, 0.05) is 5.41 Å². The third-order valence-electron chi connectivity index (χ3n) is 4.52. The van der Waals surface area contributed by atoms with Gasteiger partial charge in [0.15, 0.2) is 0 Å². The second-order valence-corrected chi connectivity index (χ2v) is 5.48. The molecule has 0 spiro atoms. The molecule has 1 aromatic heterocycles. The van der Waals surface area contributed by atoms with Crippen molar-refractivity contribution >= 4 is 5.88 Å². The zero-order valence-corrected chi connectivity index (χ0v) is 11.4. The van der Waals surface area contributed by atoms with Crippen molar-refractivity contribution < 1.29 is 4.52 Å². The van der Waals surface area contributed by atoms with E-state index in [0.29, 0.717) is 5.88 Å². The summed E-state index contributed by atoms with van der Waals surface area (Å²) in [5.74, 6) is 0.445. The van der Waals surface area contributed by atoms with Crippen LogP contribution in [0, 0.1) is 0 Å². The second-order valence-electron chi connectivity index (χ2n) is 5.48. The Morgan fingerprint density at radius 2 is 1.89 bits per heavy atom. The average Bonchev–Trinajstić information content (AvgIpc) is 3.07. The van der Waals surface area contributed by atoms with E-state index in [1.165, 1.54) is 25.7 Å². The van der Waals surface area contributed by atoms with Crippen LogP contribution in [0.4, 0.5) is 5.88 Å².